The quantitative estimate of drug-likeness (QED) is 0.862. The van der Waals surface area contributed by atoms with Gasteiger partial charge in [-0.05, 0) is 49.7 Å². The Kier molecular flexibility index (Phi) is 4.45. The van der Waals surface area contributed by atoms with Gasteiger partial charge >= 0.3 is 5.97 Å². The van der Waals surface area contributed by atoms with Gasteiger partial charge in [0.1, 0.15) is 0 Å². The summed E-state index contributed by atoms with van der Waals surface area (Å²) in [7, 11) is 0. The molecule has 5 atom stereocenters. The predicted octanol–water partition coefficient (Wildman–Crippen LogP) is 3.24. The minimum atomic E-state index is 0. The Morgan fingerprint density at radius 3 is 2.78 bits per heavy atom. The molecule has 23 heavy (non-hydrogen) atoms. The number of carbonyl (C=O) groups is 1. The summed E-state index contributed by atoms with van der Waals surface area (Å²) >= 11 is 0. The summed E-state index contributed by atoms with van der Waals surface area (Å²) in [6.45, 7) is 4.70. The summed E-state index contributed by atoms with van der Waals surface area (Å²) in [5, 5.41) is 3.77. The van der Waals surface area contributed by atoms with Gasteiger partial charge in [-0.2, -0.15) is 0 Å². The fourth-order valence-electron chi connectivity index (χ4n) is 5.50. The number of rotatable bonds is 3. The number of nitrogens with one attached hydrogen (secondary N) is 1. The first-order valence-electron chi connectivity index (χ1n) is 8.70. The van der Waals surface area contributed by atoms with E-state index in [-0.39, 0.29) is 35.8 Å². The average molecular weight is 336 g/mol. The van der Waals surface area contributed by atoms with Crippen molar-refractivity contribution in [3.8, 4) is 0 Å². The molecule has 126 valence electrons. The molecule has 0 spiro atoms. The van der Waals surface area contributed by atoms with Crippen molar-refractivity contribution in [2.45, 2.75) is 57.0 Å². The van der Waals surface area contributed by atoms with Crippen molar-refractivity contribution in [2.24, 2.45) is 11.8 Å². The Morgan fingerprint density at radius 2 is 2.09 bits per heavy atom. The third-order valence-electron chi connectivity index (χ3n) is 6.42. The highest BCUT2D eigenvalue weighted by Crippen LogP contribution is 2.56. The molecule has 0 radical (unpaired) electrons. The normalized spacial score (nSPS) is 36.8. The van der Waals surface area contributed by atoms with Gasteiger partial charge in [-0.3, -0.25) is 4.79 Å². The summed E-state index contributed by atoms with van der Waals surface area (Å²) in [5.74, 6) is 0.611. The number of carbonyl (C=O) groups excluding carboxylic acids is 1. The van der Waals surface area contributed by atoms with E-state index in [1.54, 1.807) is 5.56 Å². The topological polar surface area (TPSA) is 38.3 Å². The van der Waals surface area contributed by atoms with Crippen LogP contribution in [-0.2, 0) is 21.4 Å². The van der Waals surface area contributed by atoms with E-state index < -0.39 is 0 Å². The molecule has 1 saturated carbocycles. The Hall–Kier alpha value is -1.06. The van der Waals surface area contributed by atoms with Gasteiger partial charge in [0.05, 0.1) is 12.5 Å². The Morgan fingerprint density at radius 1 is 1.30 bits per heavy atom. The van der Waals surface area contributed by atoms with Crippen molar-refractivity contribution in [1.29, 1.82) is 0 Å². The second-order valence-electron chi connectivity index (χ2n) is 7.16. The van der Waals surface area contributed by atoms with Crippen molar-refractivity contribution in [2.75, 3.05) is 6.61 Å². The molecule has 4 heteroatoms. The zero-order chi connectivity index (χ0) is 15.3. The first-order chi connectivity index (χ1) is 10.7. The van der Waals surface area contributed by atoms with Gasteiger partial charge in [-0.25, -0.2) is 0 Å². The molecule has 4 unspecified atom stereocenters. The van der Waals surface area contributed by atoms with Crippen molar-refractivity contribution in [3.05, 3.63) is 35.4 Å². The van der Waals surface area contributed by atoms with Crippen LogP contribution < -0.4 is 5.32 Å². The Balaban J connectivity index is 0.00000156. The van der Waals surface area contributed by atoms with Gasteiger partial charge in [0.25, 0.3) is 0 Å². The van der Waals surface area contributed by atoms with Crippen molar-refractivity contribution in [1.82, 2.24) is 5.32 Å². The standard InChI is InChI=1S/C19H25NO2.ClH/c1-3-19-11-17-13(18(21)22-4-2)10-15(19)16(20-17)9-12-7-5-6-8-14(12)19;/h5-8,13,15-17,20H,3-4,9-11H2,1-2H3;1H/t13?,15?,16?,17?,19-;/m1./s1. The molecule has 1 aromatic rings. The molecule has 2 aliphatic carbocycles. The van der Waals surface area contributed by atoms with E-state index in [2.05, 4.69) is 36.5 Å². The second kappa shape index (κ2) is 6.10. The molecule has 0 aromatic heterocycles. The van der Waals surface area contributed by atoms with Gasteiger partial charge in [0, 0.05) is 17.5 Å². The first kappa shape index (κ1) is 16.8. The number of fused-ring (bicyclic) bond motifs is 2. The maximum absolute atomic E-state index is 12.3. The Labute approximate surface area is 144 Å². The molecule has 1 N–H and O–H groups in total. The minimum absolute atomic E-state index is 0. The lowest BCUT2D eigenvalue weighted by atomic mass is 9.49. The summed E-state index contributed by atoms with van der Waals surface area (Å²) in [5.41, 5.74) is 3.32. The van der Waals surface area contributed by atoms with Crippen LogP contribution in [0.4, 0.5) is 0 Å². The third-order valence-corrected chi connectivity index (χ3v) is 6.42. The smallest absolute Gasteiger partial charge is 0.310 e. The SMILES string of the molecule is CCOC(=O)C1CC2C3Cc4ccccc4[C@@]2(CC)CC1N3.Cl. The van der Waals surface area contributed by atoms with Gasteiger partial charge < -0.3 is 10.1 Å². The molecule has 2 aliphatic heterocycles. The van der Waals surface area contributed by atoms with E-state index in [1.807, 2.05) is 6.92 Å². The summed E-state index contributed by atoms with van der Waals surface area (Å²) < 4.78 is 5.31. The lowest BCUT2D eigenvalue weighted by Gasteiger charge is -2.61. The number of hydrogen-bond donors (Lipinski definition) is 1. The third kappa shape index (κ3) is 2.32. The first-order valence-corrected chi connectivity index (χ1v) is 8.70. The average Bonchev–Trinajstić information content (AvgIpc) is 2.54. The zero-order valence-electron chi connectivity index (χ0n) is 13.9. The molecule has 2 heterocycles. The predicted molar refractivity (Wildman–Crippen MR) is 92.9 cm³/mol. The van der Waals surface area contributed by atoms with E-state index in [1.165, 1.54) is 12.0 Å². The summed E-state index contributed by atoms with van der Waals surface area (Å²) in [6, 6.07) is 9.75. The molecule has 1 aromatic carbocycles. The number of esters is 1. The molecule has 3 nitrogen and oxygen atoms in total. The van der Waals surface area contributed by atoms with Crippen LogP contribution in [0, 0.1) is 11.8 Å². The zero-order valence-corrected chi connectivity index (χ0v) is 14.7. The maximum Gasteiger partial charge on any atom is 0.310 e. The van der Waals surface area contributed by atoms with Crippen LogP contribution in [0.5, 0.6) is 0 Å². The van der Waals surface area contributed by atoms with Crippen LogP contribution in [-0.4, -0.2) is 24.7 Å². The number of hydrogen-bond acceptors (Lipinski definition) is 3. The highest BCUT2D eigenvalue weighted by molar-refractivity contribution is 5.85. The van der Waals surface area contributed by atoms with Crippen LogP contribution in [0.1, 0.15) is 44.2 Å². The van der Waals surface area contributed by atoms with Crippen molar-refractivity contribution < 1.29 is 9.53 Å². The maximum atomic E-state index is 12.3. The van der Waals surface area contributed by atoms with Crippen LogP contribution in [0.3, 0.4) is 0 Å². The van der Waals surface area contributed by atoms with Gasteiger partial charge in [-0.15, -0.1) is 12.4 Å². The number of halogens is 1. The molecule has 4 bridgehead atoms. The summed E-state index contributed by atoms with van der Waals surface area (Å²) in [4.78, 5) is 12.3. The van der Waals surface area contributed by atoms with Crippen LogP contribution in [0.15, 0.2) is 24.3 Å². The second-order valence-corrected chi connectivity index (χ2v) is 7.16. The number of benzene rings is 1. The molecule has 4 aliphatic rings. The highest BCUT2D eigenvalue weighted by atomic mass is 35.5. The van der Waals surface area contributed by atoms with Crippen molar-refractivity contribution in [3.63, 3.8) is 0 Å². The van der Waals surface area contributed by atoms with Crippen molar-refractivity contribution >= 4 is 18.4 Å². The number of ether oxygens (including phenoxy) is 1. The molecule has 2 saturated heterocycles. The monoisotopic (exact) mass is 335 g/mol. The van der Waals surface area contributed by atoms with E-state index in [4.69, 9.17) is 4.74 Å². The van der Waals surface area contributed by atoms with E-state index in [0.29, 0.717) is 18.6 Å². The molecular formula is C19H26ClNO2. The lowest BCUT2D eigenvalue weighted by Crippen LogP contribution is -2.69. The van der Waals surface area contributed by atoms with Gasteiger partial charge in [-0.1, -0.05) is 31.2 Å². The fraction of sp³-hybridized carbons (Fsp3) is 0.632. The highest BCUT2D eigenvalue weighted by Gasteiger charge is 2.59. The summed E-state index contributed by atoms with van der Waals surface area (Å²) in [6.07, 6.45) is 4.34. The van der Waals surface area contributed by atoms with Gasteiger partial charge in [0.2, 0.25) is 0 Å². The lowest BCUT2D eigenvalue weighted by molar-refractivity contribution is -0.155. The largest absolute Gasteiger partial charge is 0.466 e. The van der Waals surface area contributed by atoms with E-state index in [0.717, 1.165) is 19.3 Å². The van der Waals surface area contributed by atoms with E-state index in [9.17, 15) is 4.79 Å². The van der Waals surface area contributed by atoms with Gasteiger partial charge in [0.15, 0.2) is 0 Å². The minimum Gasteiger partial charge on any atom is -0.466 e. The van der Waals surface area contributed by atoms with Crippen LogP contribution in [0.2, 0.25) is 0 Å². The molecule has 5 rings (SSSR count). The van der Waals surface area contributed by atoms with E-state index >= 15 is 0 Å². The molecule has 3 fully saturated rings. The Bertz CT molecular complexity index is 605. The number of piperidine rings is 2. The molecule has 0 amide bonds. The van der Waals surface area contributed by atoms with Crippen LogP contribution in [0.25, 0.3) is 0 Å². The van der Waals surface area contributed by atoms with Crippen LogP contribution >= 0.6 is 12.4 Å². The molecular weight excluding hydrogens is 310 g/mol. The fourth-order valence-corrected chi connectivity index (χ4v) is 5.50.